The summed E-state index contributed by atoms with van der Waals surface area (Å²) in [6, 6.07) is 0. The van der Waals surface area contributed by atoms with Gasteiger partial charge in [-0.15, -0.1) is 0 Å². The number of piperidine rings is 1. The van der Waals surface area contributed by atoms with Crippen LogP contribution >= 0.6 is 0 Å². The van der Waals surface area contributed by atoms with E-state index in [1.54, 1.807) is 4.90 Å². The predicted octanol–water partition coefficient (Wildman–Crippen LogP) is 0.134. The SMILES string of the molecule is CS(=O)(=O)CCC(=O)N1CCC(CC(=O)O)CC1. The van der Waals surface area contributed by atoms with Gasteiger partial charge in [0, 0.05) is 32.2 Å². The molecule has 6 nitrogen and oxygen atoms in total. The van der Waals surface area contributed by atoms with Gasteiger partial charge >= 0.3 is 5.97 Å². The minimum absolute atomic E-state index is 0.0163. The van der Waals surface area contributed by atoms with Crippen LogP contribution in [0.4, 0.5) is 0 Å². The van der Waals surface area contributed by atoms with Crippen LogP contribution in [0.25, 0.3) is 0 Å². The summed E-state index contributed by atoms with van der Waals surface area (Å²) in [6.07, 6.45) is 2.63. The van der Waals surface area contributed by atoms with Gasteiger partial charge in [0.05, 0.1) is 5.75 Å². The van der Waals surface area contributed by atoms with E-state index in [0.717, 1.165) is 6.26 Å². The lowest BCUT2D eigenvalue weighted by atomic mass is 9.93. The van der Waals surface area contributed by atoms with Gasteiger partial charge in [0.15, 0.2) is 0 Å². The molecule has 1 aliphatic rings. The monoisotopic (exact) mass is 277 g/mol. The molecule has 1 N–H and O–H groups in total. The summed E-state index contributed by atoms with van der Waals surface area (Å²) in [5.74, 6) is -0.964. The molecule has 1 aliphatic heterocycles. The summed E-state index contributed by atoms with van der Waals surface area (Å²) >= 11 is 0. The zero-order chi connectivity index (χ0) is 13.8. The first-order valence-corrected chi connectivity index (χ1v) is 8.01. The third-order valence-corrected chi connectivity index (χ3v) is 4.06. The Bertz CT molecular complexity index is 409. The smallest absolute Gasteiger partial charge is 0.303 e. The average molecular weight is 277 g/mol. The fraction of sp³-hybridized carbons (Fsp3) is 0.818. The maximum absolute atomic E-state index is 11.7. The molecule has 0 aromatic heterocycles. The van der Waals surface area contributed by atoms with Crippen LogP contribution in [-0.2, 0) is 19.4 Å². The van der Waals surface area contributed by atoms with E-state index in [-0.39, 0.29) is 30.4 Å². The molecule has 0 bridgehead atoms. The molecule has 0 saturated carbocycles. The van der Waals surface area contributed by atoms with Gasteiger partial charge < -0.3 is 10.0 Å². The minimum atomic E-state index is -3.11. The van der Waals surface area contributed by atoms with E-state index < -0.39 is 15.8 Å². The number of rotatable bonds is 5. The minimum Gasteiger partial charge on any atom is -0.481 e. The van der Waals surface area contributed by atoms with Crippen molar-refractivity contribution in [2.24, 2.45) is 5.92 Å². The second-order valence-corrected chi connectivity index (χ2v) is 7.06. The first-order chi connectivity index (χ1) is 8.28. The maximum Gasteiger partial charge on any atom is 0.303 e. The summed E-state index contributed by atoms with van der Waals surface area (Å²) in [4.78, 5) is 23.9. The summed E-state index contributed by atoms with van der Waals surface area (Å²) in [7, 11) is -3.11. The molecular weight excluding hydrogens is 258 g/mol. The van der Waals surface area contributed by atoms with Gasteiger partial charge in [-0.05, 0) is 18.8 Å². The summed E-state index contributed by atoms with van der Waals surface area (Å²) in [5.41, 5.74) is 0. The molecule has 1 saturated heterocycles. The highest BCUT2D eigenvalue weighted by Gasteiger charge is 2.24. The number of hydrogen-bond acceptors (Lipinski definition) is 4. The average Bonchev–Trinajstić information content (AvgIpc) is 2.25. The Kier molecular flexibility index (Phi) is 5.13. The number of carboxylic acid groups (broad SMARTS) is 1. The number of amides is 1. The number of carboxylic acids is 1. The Morgan fingerprint density at radius 2 is 1.83 bits per heavy atom. The maximum atomic E-state index is 11.7. The molecule has 0 aliphatic carbocycles. The quantitative estimate of drug-likeness (QED) is 0.771. The lowest BCUT2D eigenvalue weighted by Gasteiger charge is -2.31. The number of aliphatic carboxylic acids is 1. The normalized spacial score (nSPS) is 17.7. The van der Waals surface area contributed by atoms with E-state index in [2.05, 4.69) is 0 Å². The molecule has 1 fully saturated rings. The Labute approximate surface area is 107 Å². The molecule has 0 radical (unpaired) electrons. The summed E-state index contributed by atoms with van der Waals surface area (Å²) in [5, 5.41) is 8.67. The van der Waals surface area contributed by atoms with Crippen molar-refractivity contribution in [2.45, 2.75) is 25.7 Å². The number of hydrogen-bond donors (Lipinski definition) is 1. The highest BCUT2D eigenvalue weighted by atomic mass is 32.2. The van der Waals surface area contributed by atoms with Crippen molar-refractivity contribution < 1.29 is 23.1 Å². The first kappa shape index (κ1) is 14.9. The first-order valence-electron chi connectivity index (χ1n) is 5.95. The Hall–Kier alpha value is -1.11. The molecule has 18 heavy (non-hydrogen) atoms. The van der Waals surface area contributed by atoms with Crippen molar-refractivity contribution in [1.29, 1.82) is 0 Å². The fourth-order valence-electron chi connectivity index (χ4n) is 2.06. The molecule has 7 heteroatoms. The van der Waals surface area contributed by atoms with Crippen molar-refractivity contribution in [3.63, 3.8) is 0 Å². The molecule has 0 atom stereocenters. The van der Waals surface area contributed by atoms with E-state index in [1.807, 2.05) is 0 Å². The zero-order valence-electron chi connectivity index (χ0n) is 10.5. The van der Waals surface area contributed by atoms with Gasteiger partial charge in [0.2, 0.25) is 5.91 Å². The molecule has 0 aromatic rings. The van der Waals surface area contributed by atoms with Crippen LogP contribution in [0.3, 0.4) is 0 Å². The molecule has 0 spiro atoms. The summed E-state index contributed by atoms with van der Waals surface area (Å²) < 4.78 is 21.9. The third kappa shape index (κ3) is 5.48. The Morgan fingerprint density at radius 1 is 1.28 bits per heavy atom. The molecule has 1 rings (SSSR count). The van der Waals surface area contributed by atoms with E-state index in [0.29, 0.717) is 25.9 Å². The number of nitrogens with zero attached hydrogens (tertiary/aromatic N) is 1. The lowest BCUT2D eigenvalue weighted by Crippen LogP contribution is -2.39. The second kappa shape index (κ2) is 6.17. The molecule has 0 aromatic carbocycles. The van der Waals surface area contributed by atoms with E-state index in [9.17, 15) is 18.0 Å². The summed E-state index contributed by atoms with van der Waals surface area (Å²) in [6.45, 7) is 1.06. The largest absolute Gasteiger partial charge is 0.481 e. The van der Waals surface area contributed by atoms with Crippen LogP contribution in [0.5, 0.6) is 0 Å². The highest BCUT2D eigenvalue weighted by Crippen LogP contribution is 2.20. The van der Waals surface area contributed by atoms with Crippen molar-refractivity contribution in [3.05, 3.63) is 0 Å². The van der Waals surface area contributed by atoms with Gasteiger partial charge in [-0.3, -0.25) is 9.59 Å². The van der Waals surface area contributed by atoms with Crippen LogP contribution in [-0.4, -0.2) is 55.4 Å². The number of sulfone groups is 1. The topological polar surface area (TPSA) is 91.8 Å². The van der Waals surface area contributed by atoms with E-state index in [4.69, 9.17) is 5.11 Å². The van der Waals surface area contributed by atoms with Crippen LogP contribution in [0, 0.1) is 5.92 Å². The number of carbonyl (C=O) groups is 2. The highest BCUT2D eigenvalue weighted by molar-refractivity contribution is 7.90. The third-order valence-electron chi connectivity index (χ3n) is 3.12. The fourth-order valence-corrected chi connectivity index (χ4v) is 2.61. The van der Waals surface area contributed by atoms with Crippen molar-refractivity contribution in [2.75, 3.05) is 25.1 Å². The second-order valence-electron chi connectivity index (χ2n) is 4.80. The van der Waals surface area contributed by atoms with Gasteiger partial charge in [0.1, 0.15) is 9.84 Å². The molecule has 1 heterocycles. The molecule has 0 unspecified atom stereocenters. The zero-order valence-corrected chi connectivity index (χ0v) is 11.3. The van der Waals surface area contributed by atoms with Gasteiger partial charge in [0.25, 0.3) is 0 Å². The number of likely N-dealkylation sites (tertiary alicyclic amines) is 1. The Morgan fingerprint density at radius 3 is 2.28 bits per heavy atom. The molecular formula is C11H19NO5S. The van der Waals surface area contributed by atoms with Crippen LogP contribution < -0.4 is 0 Å². The Balaban J connectivity index is 2.34. The van der Waals surface area contributed by atoms with Gasteiger partial charge in [-0.1, -0.05) is 0 Å². The van der Waals surface area contributed by atoms with Gasteiger partial charge in [-0.2, -0.15) is 0 Å². The number of carbonyl (C=O) groups excluding carboxylic acids is 1. The van der Waals surface area contributed by atoms with Gasteiger partial charge in [-0.25, -0.2) is 8.42 Å². The van der Waals surface area contributed by atoms with Crippen LogP contribution in [0.1, 0.15) is 25.7 Å². The predicted molar refractivity (Wildman–Crippen MR) is 65.9 cm³/mol. The lowest BCUT2D eigenvalue weighted by molar-refractivity contribution is -0.138. The van der Waals surface area contributed by atoms with E-state index >= 15 is 0 Å². The van der Waals surface area contributed by atoms with Crippen molar-refractivity contribution >= 4 is 21.7 Å². The van der Waals surface area contributed by atoms with Crippen LogP contribution in [0.15, 0.2) is 0 Å². The van der Waals surface area contributed by atoms with Crippen molar-refractivity contribution in [3.8, 4) is 0 Å². The van der Waals surface area contributed by atoms with Crippen molar-refractivity contribution in [1.82, 2.24) is 4.90 Å². The molecule has 1 amide bonds. The van der Waals surface area contributed by atoms with E-state index in [1.165, 1.54) is 0 Å². The standard InChI is InChI=1S/C11H19NO5S/c1-18(16,17)7-4-10(13)12-5-2-9(3-6-12)8-11(14)15/h9H,2-8H2,1H3,(H,14,15). The molecule has 104 valence electrons. The van der Waals surface area contributed by atoms with Crippen LogP contribution in [0.2, 0.25) is 0 Å².